The summed E-state index contributed by atoms with van der Waals surface area (Å²) in [4.78, 5) is 5.20. The second-order valence-electron chi connectivity index (χ2n) is 6.14. The van der Waals surface area contributed by atoms with E-state index in [1.165, 1.54) is 29.0 Å². The molecule has 2 rings (SSSR count). The summed E-state index contributed by atoms with van der Waals surface area (Å²) in [5.41, 5.74) is -0.114. The van der Waals surface area contributed by atoms with Crippen molar-refractivity contribution in [2.24, 2.45) is 0 Å². The van der Waals surface area contributed by atoms with E-state index in [2.05, 4.69) is 37.8 Å². The molecule has 1 fully saturated rings. The van der Waals surface area contributed by atoms with Gasteiger partial charge in [0.2, 0.25) is 0 Å². The van der Waals surface area contributed by atoms with Crippen molar-refractivity contribution in [1.82, 2.24) is 4.90 Å². The summed E-state index contributed by atoms with van der Waals surface area (Å²) >= 11 is 1.85. The molecular weight excluding hydrogens is 254 g/mol. The van der Waals surface area contributed by atoms with Crippen molar-refractivity contribution in [3.05, 3.63) is 21.9 Å². The fraction of sp³-hybridized carbons (Fsp3) is 0.750. The zero-order chi connectivity index (χ0) is 13.9. The number of hydrogen-bond donors (Lipinski definition) is 1. The lowest BCUT2D eigenvalue weighted by Crippen LogP contribution is -2.54. The summed E-state index contributed by atoms with van der Waals surface area (Å²) in [5.74, 6) is 0. The van der Waals surface area contributed by atoms with Gasteiger partial charge in [0.15, 0.2) is 0 Å². The minimum atomic E-state index is -0.283. The summed E-state index contributed by atoms with van der Waals surface area (Å²) in [6.07, 6.45) is 5.48. The molecule has 1 aliphatic heterocycles. The number of piperidine rings is 1. The maximum atomic E-state index is 10.6. The number of aliphatic hydroxyl groups excluding tert-OH is 1. The zero-order valence-electron chi connectivity index (χ0n) is 12.5. The quantitative estimate of drug-likeness (QED) is 0.893. The molecule has 0 bridgehead atoms. The van der Waals surface area contributed by atoms with Crippen molar-refractivity contribution < 1.29 is 5.11 Å². The molecule has 1 aromatic heterocycles. The van der Waals surface area contributed by atoms with Gasteiger partial charge in [-0.15, -0.1) is 11.3 Å². The van der Waals surface area contributed by atoms with Crippen molar-refractivity contribution in [1.29, 1.82) is 0 Å². The molecule has 1 saturated heterocycles. The summed E-state index contributed by atoms with van der Waals surface area (Å²) < 4.78 is 0. The minimum absolute atomic E-state index is 0.114. The van der Waals surface area contributed by atoms with Crippen LogP contribution in [0.15, 0.2) is 12.1 Å². The third kappa shape index (κ3) is 3.59. The van der Waals surface area contributed by atoms with E-state index in [-0.39, 0.29) is 11.6 Å². The van der Waals surface area contributed by atoms with E-state index in [4.69, 9.17) is 0 Å². The van der Waals surface area contributed by atoms with Gasteiger partial charge in [-0.2, -0.15) is 0 Å². The van der Waals surface area contributed by atoms with Crippen LogP contribution in [-0.4, -0.2) is 34.7 Å². The second-order valence-corrected chi connectivity index (χ2v) is 7.40. The third-order valence-electron chi connectivity index (χ3n) is 4.45. The molecule has 0 aliphatic carbocycles. The first-order valence-electron chi connectivity index (χ1n) is 7.54. The number of aliphatic hydroxyl groups is 1. The number of nitrogens with zero attached hydrogens (tertiary/aromatic N) is 1. The molecule has 0 saturated carbocycles. The van der Waals surface area contributed by atoms with Crippen molar-refractivity contribution in [2.45, 2.75) is 64.5 Å². The Kier molecular flexibility index (Phi) is 5.04. The largest absolute Gasteiger partial charge is 0.391 e. The van der Waals surface area contributed by atoms with E-state index >= 15 is 0 Å². The minimum Gasteiger partial charge on any atom is -0.391 e. The van der Waals surface area contributed by atoms with Crippen molar-refractivity contribution in [3.8, 4) is 0 Å². The predicted molar refractivity (Wildman–Crippen MR) is 82.9 cm³/mol. The van der Waals surface area contributed by atoms with Crippen LogP contribution in [0.25, 0.3) is 0 Å². The van der Waals surface area contributed by atoms with Gasteiger partial charge in [0.1, 0.15) is 0 Å². The monoisotopic (exact) mass is 281 g/mol. The van der Waals surface area contributed by atoms with E-state index in [1.54, 1.807) is 0 Å². The summed E-state index contributed by atoms with van der Waals surface area (Å²) in [5, 5.41) is 10.6. The van der Waals surface area contributed by atoms with E-state index in [9.17, 15) is 5.11 Å². The van der Waals surface area contributed by atoms with E-state index in [1.807, 2.05) is 11.3 Å². The second kappa shape index (κ2) is 6.38. The molecule has 1 aliphatic rings. The van der Waals surface area contributed by atoms with Gasteiger partial charge in [-0.05, 0) is 58.3 Å². The highest BCUT2D eigenvalue weighted by Crippen LogP contribution is 2.27. The van der Waals surface area contributed by atoms with Crippen molar-refractivity contribution in [3.63, 3.8) is 0 Å². The molecule has 0 spiro atoms. The molecule has 19 heavy (non-hydrogen) atoms. The van der Waals surface area contributed by atoms with Gasteiger partial charge in [0.25, 0.3) is 0 Å². The SMILES string of the molecule is CCc1ccc(CC(O)C(C)(C)N2CCCCC2)s1. The van der Waals surface area contributed by atoms with Crippen LogP contribution in [0.3, 0.4) is 0 Å². The predicted octanol–water partition coefficient (Wildman–Crippen LogP) is 3.48. The molecule has 0 aromatic carbocycles. The topological polar surface area (TPSA) is 23.5 Å². The average Bonchev–Trinajstić information content (AvgIpc) is 2.87. The van der Waals surface area contributed by atoms with Gasteiger partial charge >= 0.3 is 0 Å². The Labute approximate surface area is 121 Å². The highest BCUT2D eigenvalue weighted by Gasteiger charge is 2.35. The van der Waals surface area contributed by atoms with Gasteiger partial charge in [-0.3, -0.25) is 4.90 Å². The molecule has 1 N–H and O–H groups in total. The van der Waals surface area contributed by atoms with Crippen molar-refractivity contribution >= 4 is 11.3 Å². The number of rotatable bonds is 5. The lowest BCUT2D eigenvalue weighted by Gasteiger charge is -2.44. The van der Waals surface area contributed by atoms with E-state index in [0.29, 0.717) is 0 Å². The fourth-order valence-electron chi connectivity index (χ4n) is 2.84. The molecule has 108 valence electrons. The third-order valence-corrected chi connectivity index (χ3v) is 5.70. The highest BCUT2D eigenvalue weighted by atomic mass is 32.1. The molecule has 0 radical (unpaired) electrons. The molecule has 2 heterocycles. The summed E-state index contributed by atoms with van der Waals surface area (Å²) in [6.45, 7) is 8.84. The van der Waals surface area contributed by atoms with Crippen LogP contribution in [-0.2, 0) is 12.8 Å². The summed E-state index contributed by atoms with van der Waals surface area (Å²) in [6, 6.07) is 4.37. The van der Waals surface area contributed by atoms with Crippen LogP contribution >= 0.6 is 11.3 Å². The van der Waals surface area contributed by atoms with Gasteiger partial charge in [-0.25, -0.2) is 0 Å². The van der Waals surface area contributed by atoms with Gasteiger partial charge < -0.3 is 5.11 Å². The number of aryl methyl sites for hydroxylation is 1. The Bertz CT molecular complexity index is 393. The van der Waals surface area contributed by atoms with E-state index in [0.717, 1.165) is 25.9 Å². The van der Waals surface area contributed by atoms with Crippen LogP contribution in [0.1, 0.15) is 49.8 Å². The van der Waals surface area contributed by atoms with Crippen LogP contribution in [0.4, 0.5) is 0 Å². The first-order valence-corrected chi connectivity index (χ1v) is 8.36. The number of thiophene rings is 1. The van der Waals surface area contributed by atoms with Gasteiger partial charge in [0.05, 0.1) is 6.10 Å². The molecule has 1 unspecified atom stereocenters. The van der Waals surface area contributed by atoms with Crippen molar-refractivity contribution in [2.75, 3.05) is 13.1 Å². The Morgan fingerprint density at radius 3 is 2.42 bits per heavy atom. The number of likely N-dealkylation sites (tertiary alicyclic amines) is 1. The fourth-order valence-corrected chi connectivity index (χ4v) is 3.84. The Morgan fingerprint density at radius 1 is 1.21 bits per heavy atom. The average molecular weight is 281 g/mol. The van der Waals surface area contributed by atoms with Crippen LogP contribution < -0.4 is 0 Å². The van der Waals surface area contributed by atoms with Gasteiger partial charge in [-0.1, -0.05) is 13.3 Å². The Hall–Kier alpha value is -0.380. The highest BCUT2D eigenvalue weighted by molar-refractivity contribution is 7.11. The Morgan fingerprint density at radius 2 is 1.84 bits per heavy atom. The first-order chi connectivity index (χ1) is 9.04. The van der Waals surface area contributed by atoms with Crippen LogP contribution in [0.2, 0.25) is 0 Å². The molecule has 3 heteroatoms. The summed E-state index contributed by atoms with van der Waals surface area (Å²) in [7, 11) is 0. The van der Waals surface area contributed by atoms with Gasteiger partial charge in [0, 0.05) is 21.7 Å². The zero-order valence-corrected chi connectivity index (χ0v) is 13.3. The molecule has 1 aromatic rings. The van der Waals surface area contributed by atoms with Crippen LogP contribution in [0.5, 0.6) is 0 Å². The number of hydrogen-bond acceptors (Lipinski definition) is 3. The first kappa shape index (κ1) is 15.0. The standard InChI is InChI=1S/C16H27NOS/c1-4-13-8-9-14(19-13)12-15(18)16(2,3)17-10-6-5-7-11-17/h8-9,15,18H,4-7,10-12H2,1-3H3. The van der Waals surface area contributed by atoms with Crippen LogP contribution in [0, 0.1) is 0 Å². The molecule has 0 amide bonds. The lowest BCUT2D eigenvalue weighted by atomic mass is 9.90. The molecule has 1 atom stereocenters. The smallest absolute Gasteiger partial charge is 0.0766 e. The maximum Gasteiger partial charge on any atom is 0.0766 e. The maximum absolute atomic E-state index is 10.6. The normalized spacial score (nSPS) is 19.6. The van der Waals surface area contributed by atoms with E-state index < -0.39 is 0 Å². The molecule has 2 nitrogen and oxygen atoms in total. The molecular formula is C16H27NOS. The lowest BCUT2D eigenvalue weighted by molar-refractivity contribution is -0.0183. The Balaban J connectivity index is 1.98.